The van der Waals surface area contributed by atoms with Gasteiger partial charge in [-0.05, 0) is 73.7 Å². The number of anilines is 2. The standard InChI is InChI=1S/C23H19Cl2N3O3S/c1-2-31-18-8-3-5-14(11-18)21(29)28-23(32)27-17-7-4-6-16(13-17)26-22(30)19-10-9-15(24)12-20(19)25/h3-13H,2H2,1H3,(H,26,30)(H2,27,28,29,32). The molecule has 9 heteroatoms. The maximum Gasteiger partial charge on any atom is 0.257 e. The van der Waals surface area contributed by atoms with E-state index in [1.165, 1.54) is 6.07 Å². The van der Waals surface area contributed by atoms with Crippen LogP contribution in [-0.2, 0) is 0 Å². The van der Waals surface area contributed by atoms with Gasteiger partial charge in [0.15, 0.2) is 5.11 Å². The van der Waals surface area contributed by atoms with Crippen LogP contribution >= 0.6 is 35.4 Å². The minimum absolute atomic E-state index is 0.112. The summed E-state index contributed by atoms with van der Waals surface area (Å²) in [5.41, 5.74) is 1.82. The predicted octanol–water partition coefficient (Wildman–Crippen LogP) is 5.77. The summed E-state index contributed by atoms with van der Waals surface area (Å²) in [6.45, 7) is 2.37. The van der Waals surface area contributed by atoms with E-state index in [0.717, 1.165) is 0 Å². The van der Waals surface area contributed by atoms with Crippen LogP contribution in [0.15, 0.2) is 66.7 Å². The summed E-state index contributed by atoms with van der Waals surface area (Å²) >= 11 is 17.2. The predicted molar refractivity (Wildman–Crippen MR) is 132 cm³/mol. The van der Waals surface area contributed by atoms with E-state index >= 15 is 0 Å². The maximum absolute atomic E-state index is 12.5. The van der Waals surface area contributed by atoms with Gasteiger partial charge in [-0.3, -0.25) is 14.9 Å². The molecule has 164 valence electrons. The Labute approximate surface area is 200 Å². The van der Waals surface area contributed by atoms with Gasteiger partial charge in [-0.2, -0.15) is 0 Å². The lowest BCUT2D eigenvalue weighted by Gasteiger charge is -2.12. The molecule has 2 amide bonds. The van der Waals surface area contributed by atoms with Crippen LogP contribution in [-0.4, -0.2) is 23.5 Å². The Morgan fingerprint density at radius 1 is 0.906 bits per heavy atom. The van der Waals surface area contributed by atoms with Gasteiger partial charge in [0.25, 0.3) is 11.8 Å². The molecule has 0 saturated heterocycles. The monoisotopic (exact) mass is 487 g/mol. The zero-order chi connectivity index (χ0) is 23.1. The number of ether oxygens (including phenoxy) is 1. The van der Waals surface area contributed by atoms with E-state index in [2.05, 4.69) is 16.0 Å². The summed E-state index contributed by atoms with van der Waals surface area (Å²) in [6.07, 6.45) is 0. The average molecular weight is 488 g/mol. The van der Waals surface area contributed by atoms with Gasteiger partial charge in [0.05, 0.1) is 17.2 Å². The van der Waals surface area contributed by atoms with E-state index in [1.807, 2.05) is 6.92 Å². The zero-order valence-electron chi connectivity index (χ0n) is 16.9. The fourth-order valence-electron chi connectivity index (χ4n) is 2.78. The Balaban J connectivity index is 1.62. The van der Waals surface area contributed by atoms with Gasteiger partial charge in [-0.25, -0.2) is 0 Å². The molecule has 0 fully saturated rings. The van der Waals surface area contributed by atoms with Crippen LogP contribution in [0, 0.1) is 0 Å². The van der Waals surface area contributed by atoms with Crippen molar-refractivity contribution in [3.8, 4) is 5.75 Å². The molecule has 3 aromatic rings. The second-order valence-corrected chi connectivity index (χ2v) is 7.78. The third-order valence-electron chi connectivity index (χ3n) is 4.19. The summed E-state index contributed by atoms with van der Waals surface area (Å²) in [5, 5.41) is 9.12. The number of nitrogens with one attached hydrogen (secondary N) is 3. The second kappa shape index (κ2) is 10.9. The Kier molecular flexibility index (Phi) is 8.05. The molecule has 0 spiro atoms. The molecule has 0 saturated carbocycles. The number of rotatable bonds is 6. The Hall–Kier alpha value is -3.13. The maximum atomic E-state index is 12.5. The van der Waals surface area contributed by atoms with Crippen LogP contribution in [0.5, 0.6) is 5.75 Å². The topological polar surface area (TPSA) is 79.5 Å². The lowest BCUT2D eigenvalue weighted by atomic mass is 10.2. The molecular weight excluding hydrogens is 469 g/mol. The number of halogens is 2. The van der Waals surface area contributed by atoms with Crippen molar-refractivity contribution in [2.24, 2.45) is 0 Å². The number of amides is 2. The quantitative estimate of drug-likeness (QED) is 0.384. The van der Waals surface area contributed by atoms with Crippen LogP contribution in [0.4, 0.5) is 11.4 Å². The van der Waals surface area contributed by atoms with E-state index in [9.17, 15) is 9.59 Å². The van der Waals surface area contributed by atoms with Crippen LogP contribution in [0.25, 0.3) is 0 Å². The van der Waals surface area contributed by atoms with Gasteiger partial charge < -0.3 is 15.4 Å². The third kappa shape index (κ3) is 6.43. The summed E-state index contributed by atoms with van der Waals surface area (Å²) < 4.78 is 5.41. The molecule has 0 bridgehead atoms. The SMILES string of the molecule is CCOc1cccc(C(=O)NC(=S)Nc2cccc(NC(=O)c3ccc(Cl)cc3Cl)c2)c1. The fraction of sp³-hybridized carbons (Fsp3) is 0.0870. The molecule has 3 N–H and O–H groups in total. The molecule has 0 heterocycles. The van der Waals surface area contributed by atoms with Crippen LogP contribution in [0.2, 0.25) is 10.0 Å². The normalized spacial score (nSPS) is 10.2. The lowest BCUT2D eigenvalue weighted by Crippen LogP contribution is -2.34. The van der Waals surface area contributed by atoms with Crippen molar-refractivity contribution < 1.29 is 14.3 Å². The molecule has 0 aliphatic rings. The van der Waals surface area contributed by atoms with E-state index in [1.54, 1.807) is 60.7 Å². The molecule has 6 nitrogen and oxygen atoms in total. The van der Waals surface area contributed by atoms with Gasteiger partial charge in [-0.1, -0.05) is 35.3 Å². The van der Waals surface area contributed by atoms with E-state index in [0.29, 0.717) is 39.9 Å². The van der Waals surface area contributed by atoms with Crippen LogP contribution < -0.4 is 20.7 Å². The number of hydrogen-bond donors (Lipinski definition) is 3. The van der Waals surface area contributed by atoms with Crippen molar-refractivity contribution in [3.05, 3.63) is 87.9 Å². The first-order chi connectivity index (χ1) is 15.4. The molecule has 0 aliphatic heterocycles. The van der Waals surface area contributed by atoms with E-state index in [4.69, 9.17) is 40.2 Å². The van der Waals surface area contributed by atoms with Crippen molar-refractivity contribution >= 4 is 63.7 Å². The number of carbonyl (C=O) groups excluding carboxylic acids is 2. The molecule has 3 aromatic carbocycles. The number of hydrogen-bond acceptors (Lipinski definition) is 4. The van der Waals surface area contributed by atoms with E-state index in [-0.39, 0.29) is 21.9 Å². The highest BCUT2D eigenvalue weighted by Gasteiger charge is 2.12. The van der Waals surface area contributed by atoms with Gasteiger partial charge in [0.2, 0.25) is 0 Å². The van der Waals surface area contributed by atoms with Gasteiger partial charge in [0.1, 0.15) is 5.75 Å². The summed E-state index contributed by atoms with van der Waals surface area (Å²) in [4.78, 5) is 25.0. The minimum Gasteiger partial charge on any atom is -0.494 e. The molecule has 0 aliphatic carbocycles. The first-order valence-electron chi connectivity index (χ1n) is 9.57. The van der Waals surface area contributed by atoms with Crippen LogP contribution in [0.1, 0.15) is 27.6 Å². The number of carbonyl (C=O) groups is 2. The number of benzene rings is 3. The first-order valence-corrected chi connectivity index (χ1v) is 10.7. The lowest BCUT2D eigenvalue weighted by molar-refractivity contribution is 0.0976. The van der Waals surface area contributed by atoms with Crippen molar-refractivity contribution in [3.63, 3.8) is 0 Å². The van der Waals surface area contributed by atoms with Crippen molar-refractivity contribution in [1.82, 2.24) is 5.32 Å². The Bertz CT molecular complexity index is 1170. The number of thiocarbonyl (C=S) groups is 1. The minimum atomic E-state index is -0.381. The third-order valence-corrected chi connectivity index (χ3v) is 4.94. The Morgan fingerprint density at radius 2 is 1.62 bits per heavy atom. The highest BCUT2D eigenvalue weighted by molar-refractivity contribution is 7.80. The first kappa shape index (κ1) is 23.5. The summed E-state index contributed by atoms with van der Waals surface area (Å²) in [5.74, 6) is -0.150. The van der Waals surface area contributed by atoms with Gasteiger partial charge in [0, 0.05) is 22.0 Å². The van der Waals surface area contributed by atoms with Gasteiger partial charge >= 0.3 is 0 Å². The van der Waals surface area contributed by atoms with Crippen LogP contribution in [0.3, 0.4) is 0 Å². The second-order valence-electron chi connectivity index (χ2n) is 6.53. The molecular formula is C23H19Cl2N3O3S. The molecule has 32 heavy (non-hydrogen) atoms. The summed E-state index contributed by atoms with van der Waals surface area (Å²) in [7, 11) is 0. The van der Waals surface area contributed by atoms with Gasteiger partial charge in [-0.15, -0.1) is 0 Å². The van der Waals surface area contributed by atoms with Crippen molar-refractivity contribution in [2.75, 3.05) is 17.2 Å². The van der Waals surface area contributed by atoms with E-state index < -0.39 is 0 Å². The highest BCUT2D eigenvalue weighted by atomic mass is 35.5. The Morgan fingerprint density at radius 3 is 2.34 bits per heavy atom. The molecule has 3 rings (SSSR count). The molecule has 0 aromatic heterocycles. The fourth-order valence-corrected chi connectivity index (χ4v) is 3.48. The summed E-state index contributed by atoms with van der Waals surface area (Å²) in [6, 6.07) is 18.3. The molecule has 0 unspecified atom stereocenters. The highest BCUT2D eigenvalue weighted by Crippen LogP contribution is 2.23. The molecule has 0 radical (unpaired) electrons. The smallest absolute Gasteiger partial charge is 0.257 e. The van der Waals surface area contributed by atoms with Crippen molar-refractivity contribution in [2.45, 2.75) is 6.92 Å². The average Bonchev–Trinajstić information content (AvgIpc) is 2.74. The van der Waals surface area contributed by atoms with Crippen molar-refractivity contribution in [1.29, 1.82) is 0 Å². The molecule has 0 atom stereocenters. The largest absolute Gasteiger partial charge is 0.494 e. The zero-order valence-corrected chi connectivity index (χ0v) is 19.3.